The highest BCUT2D eigenvalue weighted by Crippen LogP contribution is 2.59. The van der Waals surface area contributed by atoms with Crippen LogP contribution in [0.1, 0.15) is 22.3 Å². The summed E-state index contributed by atoms with van der Waals surface area (Å²) in [4.78, 5) is 2.51. The van der Waals surface area contributed by atoms with Crippen LogP contribution in [0.15, 0.2) is 237 Å². The largest absolute Gasteiger partial charge is 0.309 e. The van der Waals surface area contributed by atoms with Gasteiger partial charge in [-0.15, -0.1) is 0 Å². The van der Waals surface area contributed by atoms with E-state index in [0.29, 0.717) is 0 Å². The highest BCUT2D eigenvalue weighted by Gasteiger charge is 2.47. The van der Waals surface area contributed by atoms with Crippen molar-refractivity contribution >= 4 is 38.6 Å². The summed E-state index contributed by atoms with van der Waals surface area (Å²) in [5, 5.41) is 4.90. The fraction of sp³-hybridized carbons (Fsp3) is 0.0175. The molecule has 0 N–H and O–H groups in total. The van der Waals surface area contributed by atoms with Gasteiger partial charge in [0.2, 0.25) is 0 Å². The lowest BCUT2D eigenvalue weighted by Crippen LogP contribution is -2.28. The second-order valence-corrected chi connectivity index (χ2v) is 15.2. The molecular formula is C57H39N. The molecule has 10 aromatic rings. The molecule has 0 radical (unpaired) electrons. The minimum Gasteiger partial charge on any atom is -0.309 e. The fourth-order valence-corrected chi connectivity index (χ4v) is 9.70. The Balaban J connectivity index is 1.19. The van der Waals surface area contributed by atoms with E-state index in [1.165, 1.54) is 77.2 Å². The maximum Gasteiger partial charge on any atom is 0.0714 e. The maximum atomic E-state index is 2.51. The zero-order valence-electron chi connectivity index (χ0n) is 32.0. The summed E-state index contributed by atoms with van der Waals surface area (Å²) in [7, 11) is 0. The lowest BCUT2D eigenvalue weighted by Gasteiger charge is -2.34. The van der Waals surface area contributed by atoms with Crippen LogP contribution in [-0.4, -0.2) is 0 Å². The zero-order chi connectivity index (χ0) is 38.5. The lowest BCUT2D eigenvalue weighted by atomic mass is 9.68. The first-order chi connectivity index (χ1) is 28.8. The van der Waals surface area contributed by atoms with Gasteiger partial charge in [0.1, 0.15) is 0 Å². The lowest BCUT2D eigenvalue weighted by molar-refractivity contribution is 0.768. The molecule has 0 atom stereocenters. The SMILES string of the molecule is c1ccc(-c2ccc(-c3cccc(N(c4cccc5c4-c4ccccc4C5(c4ccccc4)c4ccccc4)c4cccc5ccccc45)c3)c3ccccc23)cc1. The van der Waals surface area contributed by atoms with Gasteiger partial charge in [-0.1, -0.05) is 212 Å². The standard InChI is InChI=1S/C57H39N/c1-4-19-40(20-5-1)46-37-38-47(50-31-13-12-30-49(46)50)42-23-16-28-45(39-42)58(54-35-17-22-41-21-10-11-29-48(41)54)55-36-18-34-53-56(55)51-32-14-15-33-52(51)57(53,43-24-6-2-7-25-43)44-26-8-3-9-27-44/h1-39H. The summed E-state index contributed by atoms with van der Waals surface area (Å²) < 4.78 is 0. The van der Waals surface area contributed by atoms with Crippen LogP contribution in [0.2, 0.25) is 0 Å². The molecule has 0 amide bonds. The van der Waals surface area contributed by atoms with Gasteiger partial charge >= 0.3 is 0 Å². The van der Waals surface area contributed by atoms with Gasteiger partial charge in [0.25, 0.3) is 0 Å². The third kappa shape index (κ3) is 5.25. The van der Waals surface area contributed by atoms with E-state index in [1.807, 2.05) is 0 Å². The highest BCUT2D eigenvalue weighted by molar-refractivity contribution is 6.07. The number of anilines is 3. The Morgan fingerprint density at radius 2 is 0.810 bits per heavy atom. The van der Waals surface area contributed by atoms with Crippen LogP contribution in [0.3, 0.4) is 0 Å². The van der Waals surface area contributed by atoms with E-state index < -0.39 is 5.41 Å². The Labute approximate surface area is 339 Å². The van der Waals surface area contributed by atoms with Crippen molar-refractivity contribution in [2.75, 3.05) is 4.90 Å². The quantitative estimate of drug-likeness (QED) is 0.157. The minimum atomic E-state index is -0.504. The highest BCUT2D eigenvalue weighted by atomic mass is 15.1. The van der Waals surface area contributed by atoms with Crippen LogP contribution < -0.4 is 4.90 Å². The molecule has 1 heteroatoms. The molecule has 0 bridgehead atoms. The molecule has 0 aromatic heterocycles. The van der Waals surface area contributed by atoms with E-state index in [-0.39, 0.29) is 0 Å². The van der Waals surface area contributed by atoms with Crippen molar-refractivity contribution in [1.82, 2.24) is 0 Å². The number of hydrogen-bond donors (Lipinski definition) is 0. The Hall–Kier alpha value is -7.48. The Bertz CT molecular complexity index is 3070. The van der Waals surface area contributed by atoms with Crippen molar-refractivity contribution < 1.29 is 0 Å². The van der Waals surface area contributed by atoms with Crippen molar-refractivity contribution in [1.29, 1.82) is 0 Å². The summed E-state index contributed by atoms with van der Waals surface area (Å²) >= 11 is 0. The van der Waals surface area contributed by atoms with Crippen molar-refractivity contribution in [2.24, 2.45) is 0 Å². The Kier molecular flexibility index (Phi) is 8.12. The number of rotatable bonds is 7. The summed E-state index contributed by atoms with van der Waals surface area (Å²) in [5.41, 5.74) is 15.4. The number of nitrogens with zero attached hydrogens (tertiary/aromatic N) is 1. The van der Waals surface area contributed by atoms with Gasteiger partial charge in [0.15, 0.2) is 0 Å². The maximum absolute atomic E-state index is 2.51. The summed E-state index contributed by atoms with van der Waals surface area (Å²) in [6.45, 7) is 0. The number of benzene rings is 10. The molecule has 0 unspecified atom stereocenters. The second-order valence-electron chi connectivity index (χ2n) is 15.2. The normalized spacial score (nSPS) is 12.6. The first-order valence-corrected chi connectivity index (χ1v) is 20.1. The van der Waals surface area contributed by atoms with E-state index in [1.54, 1.807) is 0 Å². The molecule has 1 nitrogen and oxygen atoms in total. The van der Waals surface area contributed by atoms with Crippen molar-refractivity contribution in [2.45, 2.75) is 5.41 Å². The van der Waals surface area contributed by atoms with E-state index in [0.717, 1.165) is 17.1 Å². The van der Waals surface area contributed by atoms with Gasteiger partial charge < -0.3 is 4.90 Å². The summed E-state index contributed by atoms with van der Waals surface area (Å²) in [6, 6.07) is 86.8. The fourth-order valence-electron chi connectivity index (χ4n) is 9.70. The molecule has 1 aliphatic carbocycles. The van der Waals surface area contributed by atoms with Crippen molar-refractivity contribution in [3.63, 3.8) is 0 Å². The van der Waals surface area contributed by atoms with E-state index in [9.17, 15) is 0 Å². The molecule has 272 valence electrons. The Morgan fingerprint density at radius 1 is 0.310 bits per heavy atom. The molecule has 1 aliphatic rings. The molecule has 58 heavy (non-hydrogen) atoms. The summed E-state index contributed by atoms with van der Waals surface area (Å²) in [6.07, 6.45) is 0. The molecule has 10 aromatic carbocycles. The smallest absolute Gasteiger partial charge is 0.0714 e. The number of fused-ring (bicyclic) bond motifs is 5. The third-order valence-corrected chi connectivity index (χ3v) is 12.1. The molecule has 0 heterocycles. The topological polar surface area (TPSA) is 3.24 Å². The predicted molar refractivity (Wildman–Crippen MR) is 244 cm³/mol. The van der Waals surface area contributed by atoms with Crippen molar-refractivity contribution in [3.8, 4) is 33.4 Å². The van der Waals surface area contributed by atoms with E-state index in [2.05, 4.69) is 241 Å². The first kappa shape index (κ1) is 33.8. The number of hydrogen-bond acceptors (Lipinski definition) is 1. The van der Waals surface area contributed by atoms with Crippen LogP contribution in [0.4, 0.5) is 17.1 Å². The third-order valence-electron chi connectivity index (χ3n) is 12.1. The Morgan fingerprint density at radius 3 is 1.53 bits per heavy atom. The minimum absolute atomic E-state index is 0.504. The van der Waals surface area contributed by atoms with E-state index >= 15 is 0 Å². The predicted octanol–water partition coefficient (Wildman–Crippen LogP) is 15.2. The first-order valence-electron chi connectivity index (χ1n) is 20.1. The monoisotopic (exact) mass is 737 g/mol. The molecule has 11 rings (SSSR count). The van der Waals surface area contributed by atoms with Gasteiger partial charge in [-0.05, 0) is 90.5 Å². The van der Waals surface area contributed by atoms with Gasteiger partial charge in [0, 0.05) is 16.6 Å². The molecule has 0 spiro atoms. The second kappa shape index (κ2) is 13.9. The van der Waals surface area contributed by atoms with Gasteiger partial charge in [-0.2, -0.15) is 0 Å². The van der Waals surface area contributed by atoms with Gasteiger partial charge in [-0.25, -0.2) is 0 Å². The van der Waals surface area contributed by atoms with Crippen molar-refractivity contribution in [3.05, 3.63) is 259 Å². The average molecular weight is 738 g/mol. The van der Waals surface area contributed by atoms with Gasteiger partial charge in [0.05, 0.1) is 16.8 Å². The molecule has 0 saturated carbocycles. The van der Waals surface area contributed by atoms with Crippen LogP contribution in [0, 0.1) is 0 Å². The molecule has 0 saturated heterocycles. The zero-order valence-corrected chi connectivity index (χ0v) is 32.0. The average Bonchev–Trinajstić information content (AvgIpc) is 3.61. The van der Waals surface area contributed by atoms with Crippen LogP contribution in [0.25, 0.3) is 54.9 Å². The van der Waals surface area contributed by atoms with Crippen LogP contribution >= 0.6 is 0 Å². The van der Waals surface area contributed by atoms with Gasteiger partial charge in [-0.3, -0.25) is 0 Å². The summed E-state index contributed by atoms with van der Waals surface area (Å²) in [5.74, 6) is 0. The molecule has 0 aliphatic heterocycles. The van der Waals surface area contributed by atoms with E-state index in [4.69, 9.17) is 0 Å². The van der Waals surface area contributed by atoms with Crippen LogP contribution in [0.5, 0.6) is 0 Å². The molecular weight excluding hydrogens is 699 g/mol. The van der Waals surface area contributed by atoms with Crippen LogP contribution in [-0.2, 0) is 5.41 Å². The molecule has 0 fully saturated rings.